The quantitative estimate of drug-likeness (QED) is 0.828. The van der Waals surface area contributed by atoms with Crippen molar-refractivity contribution in [1.82, 2.24) is 10.3 Å². The van der Waals surface area contributed by atoms with E-state index in [0.29, 0.717) is 12.3 Å². The highest BCUT2D eigenvalue weighted by molar-refractivity contribution is 5.84. The maximum Gasteiger partial charge on any atom is 0.220 e. The molecular formula is C17H24N2O. The van der Waals surface area contributed by atoms with E-state index in [9.17, 15) is 4.79 Å². The number of hydrogen-bond acceptors (Lipinski definition) is 1. The summed E-state index contributed by atoms with van der Waals surface area (Å²) in [6.07, 6.45) is 4.36. The van der Waals surface area contributed by atoms with Crippen molar-refractivity contribution in [3.05, 3.63) is 36.0 Å². The second kappa shape index (κ2) is 6.60. The van der Waals surface area contributed by atoms with E-state index >= 15 is 0 Å². The number of carbonyl (C=O) groups is 1. The number of aryl methyl sites for hydroxylation is 1. The maximum absolute atomic E-state index is 11.9. The highest BCUT2D eigenvalue weighted by Gasteiger charge is 2.10. The summed E-state index contributed by atoms with van der Waals surface area (Å²) < 4.78 is 0. The fraction of sp³-hybridized carbons (Fsp3) is 0.471. The Labute approximate surface area is 120 Å². The lowest BCUT2D eigenvalue weighted by Gasteiger charge is -2.15. The highest BCUT2D eigenvalue weighted by atomic mass is 16.1. The summed E-state index contributed by atoms with van der Waals surface area (Å²) in [5, 5.41) is 4.29. The number of aromatic nitrogens is 1. The first kappa shape index (κ1) is 14.6. The Morgan fingerprint density at radius 3 is 2.75 bits per heavy atom. The van der Waals surface area contributed by atoms with E-state index in [1.54, 1.807) is 0 Å². The third-order valence-corrected chi connectivity index (χ3v) is 3.53. The topological polar surface area (TPSA) is 44.9 Å². The number of fused-ring (bicyclic) bond motifs is 1. The molecule has 0 saturated carbocycles. The van der Waals surface area contributed by atoms with Crippen LogP contribution >= 0.6 is 0 Å². The molecule has 1 aromatic heterocycles. The first-order valence-corrected chi connectivity index (χ1v) is 7.40. The Morgan fingerprint density at radius 1 is 1.25 bits per heavy atom. The molecule has 0 aliphatic carbocycles. The van der Waals surface area contributed by atoms with Crippen LogP contribution < -0.4 is 5.32 Å². The van der Waals surface area contributed by atoms with Gasteiger partial charge in [0.25, 0.3) is 0 Å². The summed E-state index contributed by atoms with van der Waals surface area (Å²) in [5.74, 6) is 0.752. The zero-order valence-corrected chi connectivity index (χ0v) is 12.6. The van der Waals surface area contributed by atoms with E-state index in [1.165, 1.54) is 10.9 Å². The van der Waals surface area contributed by atoms with E-state index in [-0.39, 0.29) is 11.9 Å². The molecule has 0 saturated heterocycles. The lowest BCUT2D eigenvalue weighted by molar-refractivity contribution is -0.121. The molecule has 0 radical (unpaired) electrons. The number of carbonyl (C=O) groups excluding carboxylic acids is 1. The van der Waals surface area contributed by atoms with Crippen LogP contribution in [0.15, 0.2) is 30.5 Å². The van der Waals surface area contributed by atoms with E-state index in [1.807, 2.05) is 18.3 Å². The average molecular weight is 272 g/mol. The molecule has 3 heteroatoms. The fourth-order valence-electron chi connectivity index (χ4n) is 2.70. The molecule has 0 aliphatic rings. The number of hydrogen-bond donors (Lipinski definition) is 2. The van der Waals surface area contributed by atoms with Crippen LogP contribution in [-0.4, -0.2) is 16.9 Å². The molecule has 1 amide bonds. The molecule has 2 N–H and O–H groups in total. The van der Waals surface area contributed by atoms with E-state index in [0.717, 1.165) is 18.4 Å². The van der Waals surface area contributed by atoms with Gasteiger partial charge in [-0.15, -0.1) is 0 Å². The maximum atomic E-state index is 11.9. The summed E-state index contributed by atoms with van der Waals surface area (Å²) in [6.45, 7) is 6.42. The molecule has 1 aromatic carbocycles. The standard InChI is InChI=1S/C17H24N2O/c1-12(2)10-13(3)19-17(20)9-8-14-11-18-16-7-5-4-6-15(14)16/h4-7,11-13,18H,8-10H2,1-3H3,(H,19,20). The molecular weight excluding hydrogens is 248 g/mol. The van der Waals surface area contributed by atoms with Crippen molar-refractivity contribution in [1.29, 1.82) is 0 Å². The third-order valence-electron chi connectivity index (χ3n) is 3.53. The smallest absolute Gasteiger partial charge is 0.220 e. The third kappa shape index (κ3) is 3.86. The first-order valence-electron chi connectivity index (χ1n) is 7.40. The number of para-hydroxylation sites is 1. The Bertz CT molecular complexity index is 571. The molecule has 0 fully saturated rings. The monoisotopic (exact) mass is 272 g/mol. The predicted octanol–water partition coefficient (Wildman–Crippen LogP) is 3.65. The van der Waals surface area contributed by atoms with E-state index < -0.39 is 0 Å². The molecule has 0 aliphatic heterocycles. The van der Waals surface area contributed by atoms with Crippen LogP contribution in [0.2, 0.25) is 0 Å². The van der Waals surface area contributed by atoms with Crippen LogP contribution in [0.25, 0.3) is 10.9 Å². The van der Waals surface area contributed by atoms with E-state index in [4.69, 9.17) is 0 Å². The number of benzene rings is 1. The van der Waals surface area contributed by atoms with Crippen LogP contribution in [0.3, 0.4) is 0 Å². The van der Waals surface area contributed by atoms with Crippen LogP contribution in [0.4, 0.5) is 0 Å². The summed E-state index contributed by atoms with van der Waals surface area (Å²) >= 11 is 0. The molecule has 108 valence electrons. The zero-order valence-electron chi connectivity index (χ0n) is 12.6. The van der Waals surface area contributed by atoms with Gasteiger partial charge in [0.1, 0.15) is 0 Å². The number of H-pyrrole nitrogens is 1. The molecule has 3 nitrogen and oxygen atoms in total. The van der Waals surface area contributed by atoms with Gasteiger partial charge in [-0.05, 0) is 37.3 Å². The van der Waals surface area contributed by atoms with Crippen LogP contribution in [-0.2, 0) is 11.2 Å². The van der Waals surface area contributed by atoms with Gasteiger partial charge in [0.05, 0.1) is 0 Å². The summed E-state index contributed by atoms with van der Waals surface area (Å²) in [4.78, 5) is 15.2. The van der Waals surface area contributed by atoms with Crippen LogP contribution in [0.1, 0.15) is 39.2 Å². The summed E-state index contributed by atoms with van der Waals surface area (Å²) in [5.41, 5.74) is 2.35. The Balaban J connectivity index is 1.87. The summed E-state index contributed by atoms with van der Waals surface area (Å²) in [7, 11) is 0. The predicted molar refractivity (Wildman–Crippen MR) is 83.7 cm³/mol. The zero-order chi connectivity index (χ0) is 14.5. The molecule has 2 aromatic rings. The largest absolute Gasteiger partial charge is 0.361 e. The molecule has 1 atom stereocenters. The highest BCUT2D eigenvalue weighted by Crippen LogP contribution is 2.18. The molecule has 0 bridgehead atoms. The average Bonchev–Trinajstić information content (AvgIpc) is 2.78. The Hall–Kier alpha value is -1.77. The van der Waals surface area contributed by atoms with Crippen molar-refractivity contribution in [3.63, 3.8) is 0 Å². The minimum atomic E-state index is 0.142. The molecule has 1 heterocycles. The van der Waals surface area contributed by atoms with Crippen molar-refractivity contribution in [2.24, 2.45) is 5.92 Å². The second-order valence-corrected chi connectivity index (χ2v) is 5.96. The van der Waals surface area contributed by atoms with Crippen molar-refractivity contribution in [2.75, 3.05) is 0 Å². The number of aromatic amines is 1. The van der Waals surface area contributed by atoms with Crippen molar-refractivity contribution < 1.29 is 4.79 Å². The van der Waals surface area contributed by atoms with Crippen LogP contribution in [0.5, 0.6) is 0 Å². The molecule has 20 heavy (non-hydrogen) atoms. The van der Waals surface area contributed by atoms with Gasteiger partial charge < -0.3 is 10.3 Å². The van der Waals surface area contributed by atoms with Gasteiger partial charge in [0.15, 0.2) is 0 Å². The molecule has 1 unspecified atom stereocenters. The van der Waals surface area contributed by atoms with Gasteiger partial charge in [0.2, 0.25) is 5.91 Å². The number of nitrogens with one attached hydrogen (secondary N) is 2. The minimum Gasteiger partial charge on any atom is -0.361 e. The van der Waals surface area contributed by atoms with Gasteiger partial charge in [0, 0.05) is 29.6 Å². The normalized spacial score (nSPS) is 12.8. The lowest BCUT2D eigenvalue weighted by atomic mass is 10.0. The second-order valence-electron chi connectivity index (χ2n) is 5.96. The van der Waals surface area contributed by atoms with Crippen molar-refractivity contribution in [2.45, 2.75) is 46.1 Å². The Kier molecular flexibility index (Phi) is 4.83. The van der Waals surface area contributed by atoms with Crippen molar-refractivity contribution >= 4 is 16.8 Å². The molecule has 0 spiro atoms. The number of rotatable bonds is 6. The lowest BCUT2D eigenvalue weighted by Crippen LogP contribution is -2.33. The molecule has 2 rings (SSSR count). The summed E-state index contributed by atoms with van der Waals surface area (Å²) in [6, 6.07) is 8.46. The number of amides is 1. The first-order chi connectivity index (χ1) is 9.56. The van der Waals surface area contributed by atoms with Crippen LogP contribution in [0, 0.1) is 5.92 Å². The van der Waals surface area contributed by atoms with Gasteiger partial charge in [-0.2, -0.15) is 0 Å². The van der Waals surface area contributed by atoms with Gasteiger partial charge in [-0.25, -0.2) is 0 Å². The van der Waals surface area contributed by atoms with Gasteiger partial charge in [-0.3, -0.25) is 4.79 Å². The van der Waals surface area contributed by atoms with Gasteiger partial charge >= 0.3 is 0 Å². The fourth-order valence-corrected chi connectivity index (χ4v) is 2.70. The Morgan fingerprint density at radius 2 is 2.00 bits per heavy atom. The van der Waals surface area contributed by atoms with E-state index in [2.05, 4.69) is 43.2 Å². The van der Waals surface area contributed by atoms with Crippen molar-refractivity contribution in [3.8, 4) is 0 Å². The van der Waals surface area contributed by atoms with Gasteiger partial charge in [-0.1, -0.05) is 32.0 Å². The minimum absolute atomic E-state index is 0.142. The SMILES string of the molecule is CC(C)CC(C)NC(=O)CCc1c[nH]c2ccccc12.